The second-order valence-corrected chi connectivity index (χ2v) is 12.6. The van der Waals surface area contributed by atoms with E-state index >= 15 is 0 Å². The van der Waals surface area contributed by atoms with Gasteiger partial charge >= 0.3 is 0 Å². The molecule has 4 atom stereocenters. The van der Waals surface area contributed by atoms with Crippen LogP contribution < -0.4 is 26.6 Å². The van der Waals surface area contributed by atoms with E-state index in [-0.39, 0.29) is 47.4 Å². The summed E-state index contributed by atoms with van der Waals surface area (Å²) in [6.45, 7) is 13.4. The van der Waals surface area contributed by atoms with E-state index in [1.165, 1.54) is 6.07 Å². The molecule has 0 saturated carbocycles. The van der Waals surface area contributed by atoms with E-state index in [4.69, 9.17) is 0 Å². The lowest BCUT2D eigenvalue weighted by molar-refractivity contribution is -0.130. The van der Waals surface area contributed by atoms with Crippen LogP contribution >= 0.6 is 0 Å². The number of amides is 4. The highest BCUT2D eigenvalue weighted by Crippen LogP contribution is 2.28. The van der Waals surface area contributed by atoms with E-state index in [0.29, 0.717) is 29.7 Å². The van der Waals surface area contributed by atoms with Crippen molar-refractivity contribution < 1.29 is 19.2 Å². The molecule has 0 aliphatic carbocycles. The van der Waals surface area contributed by atoms with E-state index in [0.717, 1.165) is 11.1 Å². The molecule has 2 unspecified atom stereocenters. The third-order valence-corrected chi connectivity index (χ3v) is 8.23. The van der Waals surface area contributed by atoms with Gasteiger partial charge in [0, 0.05) is 30.6 Å². The lowest BCUT2D eigenvalue weighted by Gasteiger charge is -2.25. The van der Waals surface area contributed by atoms with Crippen LogP contribution in [0.5, 0.6) is 0 Å². The number of nitrogens with zero attached hydrogens (tertiary/aromatic N) is 1. The summed E-state index contributed by atoms with van der Waals surface area (Å²) in [4.78, 5) is 53.0. The van der Waals surface area contributed by atoms with Crippen LogP contribution in [-0.2, 0) is 9.59 Å². The Bertz CT molecular complexity index is 1770. The number of likely N-dealkylation sites (N-methyl/N-ethyl adjacent to an activating group) is 1. The van der Waals surface area contributed by atoms with E-state index < -0.39 is 24.0 Å². The molecular weight excluding hydrogens is 628 g/mol. The Balaban J connectivity index is 1.88. The number of carbonyl (C=O) groups is 4. The van der Waals surface area contributed by atoms with Crippen LogP contribution in [-0.4, -0.2) is 54.8 Å². The molecule has 3 aromatic rings. The topological polar surface area (TPSA) is 152 Å². The minimum Gasteiger partial charge on any atom is -0.355 e. The van der Waals surface area contributed by atoms with Crippen molar-refractivity contribution in [2.24, 2.45) is 5.92 Å². The molecule has 5 N–H and O–H groups in total. The third-order valence-electron chi connectivity index (χ3n) is 8.23. The summed E-state index contributed by atoms with van der Waals surface area (Å²) >= 11 is 0. The van der Waals surface area contributed by atoms with Crippen molar-refractivity contribution in [1.82, 2.24) is 26.6 Å². The Labute approximate surface area is 295 Å². The average molecular weight is 677 g/mol. The van der Waals surface area contributed by atoms with E-state index in [9.17, 15) is 24.4 Å². The zero-order chi connectivity index (χ0) is 36.8. The summed E-state index contributed by atoms with van der Waals surface area (Å²) in [7, 11) is 0. The number of hydrogen-bond donors (Lipinski definition) is 5. The molecule has 0 radical (unpaired) electrons. The number of benzene rings is 3. The predicted octanol–water partition coefficient (Wildman–Crippen LogP) is 4.79. The number of nitrogens with one attached hydrogen (secondary N) is 5. The number of hydrogen-bond acceptors (Lipinski definition) is 6. The summed E-state index contributed by atoms with van der Waals surface area (Å²) in [5.74, 6) is 4.33. The first kappa shape index (κ1) is 39.0. The molecule has 262 valence electrons. The van der Waals surface area contributed by atoms with Gasteiger partial charge in [0.25, 0.3) is 11.8 Å². The van der Waals surface area contributed by atoms with Crippen LogP contribution in [0.25, 0.3) is 11.1 Å². The molecule has 0 aromatic heterocycles. The van der Waals surface area contributed by atoms with Crippen molar-refractivity contribution in [2.75, 3.05) is 13.1 Å². The third kappa shape index (κ3) is 11.0. The first-order valence-electron chi connectivity index (χ1n) is 16.9. The summed E-state index contributed by atoms with van der Waals surface area (Å²) in [6, 6.07) is 19.9. The first-order valence-corrected chi connectivity index (χ1v) is 16.9. The molecule has 0 fully saturated rings. The van der Waals surface area contributed by atoms with E-state index in [1.807, 2.05) is 77.1 Å². The van der Waals surface area contributed by atoms with Gasteiger partial charge in [-0.05, 0) is 81.5 Å². The van der Waals surface area contributed by atoms with Gasteiger partial charge in [0.1, 0.15) is 6.04 Å². The van der Waals surface area contributed by atoms with Gasteiger partial charge in [-0.25, -0.2) is 0 Å². The molecule has 0 spiro atoms. The first-order chi connectivity index (χ1) is 23.9. The maximum absolute atomic E-state index is 13.9. The minimum atomic E-state index is -0.683. The molecule has 4 amide bonds. The fourth-order valence-corrected chi connectivity index (χ4v) is 5.32. The van der Waals surface area contributed by atoms with Crippen molar-refractivity contribution in [3.63, 3.8) is 0 Å². The fraction of sp³-hybridized carbons (Fsp3) is 0.375. The van der Waals surface area contributed by atoms with Gasteiger partial charge in [-0.15, -0.1) is 11.8 Å². The molecule has 0 aliphatic rings. The molecule has 0 bridgehead atoms. The Hall–Kier alpha value is -5.45. The van der Waals surface area contributed by atoms with Crippen LogP contribution in [0.2, 0.25) is 0 Å². The van der Waals surface area contributed by atoms with Gasteiger partial charge in [0.05, 0.1) is 29.8 Å². The number of rotatable bonds is 15. The zero-order valence-electron chi connectivity index (χ0n) is 29.9. The standard InChI is InChI=1S/C40H48N6O4/c1-8-10-16-34(24-43-28(7)37(47)46-36(25(3)4)40(50)42-9-2)45-39(49)33-21-31(35-19-26(5)17-18-30(35)23-41)20-32(22-33)38(48)44-27(6)29-14-12-11-13-15-29/h11-15,17-22,25,27-28,34,36,43H,9,16,24H2,1-7H3,(H,42,50)(H,44,48)(H,45,49)(H,46,47)/t27-,28+,34?,36?/m1/s1. The molecule has 50 heavy (non-hydrogen) atoms. The highest BCUT2D eigenvalue weighted by Gasteiger charge is 2.26. The Morgan fingerprint density at radius 2 is 1.48 bits per heavy atom. The minimum absolute atomic E-state index is 0.113. The normalized spacial score (nSPS) is 13.0. The van der Waals surface area contributed by atoms with Crippen molar-refractivity contribution in [3.8, 4) is 29.0 Å². The quantitative estimate of drug-likeness (QED) is 0.146. The van der Waals surface area contributed by atoms with Gasteiger partial charge in [0.2, 0.25) is 11.8 Å². The second kappa shape index (κ2) is 18.9. The molecule has 10 nitrogen and oxygen atoms in total. The van der Waals surface area contributed by atoms with Crippen LogP contribution in [0.3, 0.4) is 0 Å². The Kier molecular flexibility index (Phi) is 14.8. The molecule has 0 aliphatic heterocycles. The Morgan fingerprint density at radius 3 is 2.08 bits per heavy atom. The molecule has 10 heteroatoms. The van der Waals surface area contributed by atoms with Gasteiger partial charge < -0.3 is 26.6 Å². The van der Waals surface area contributed by atoms with Crippen molar-refractivity contribution >= 4 is 23.6 Å². The van der Waals surface area contributed by atoms with Gasteiger partial charge in [-0.3, -0.25) is 19.2 Å². The van der Waals surface area contributed by atoms with Crippen LogP contribution in [0.15, 0.2) is 66.7 Å². The number of nitriles is 1. The van der Waals surface area contributed by atoms with Crippen LogP contribution in [0, 0.1) is 36.0 Å². The van der Waals surface area contributed by atoms with Crippen molar-refractivity contribution in [3.05, 3.63) is 94.5 Å². The fourth-order valence-electron chi connectivity index (χ4n) is 5.32. The number of aryl methyl sites for hydroxylation is 1. The monoisotopic (exact) mass is 676 g/mol. The van der Waals surface area contributed by atoms with Crippen molar-refractivity contribution in [2.45, 2.75) is 79.1 Å². The maximum atomic E-state index is 13.9. The van der Waals surface area contributed by atoms with Gasteiger partial charge in [-0.2, -0.15) is 5.26 Å². The second-order valence-electron chi connectivity index (χ2n) is 12.6. The lowest BCUT2D eigenvalue weighted by atomic mass is 9.94. The van der Waals surface area contributed by atoms with E-state index in [1.54, 1.807) is 32.0 Å². The summed E-state index contributed by atoms with van der Waals surface area (Å²) in [6.07, 6.45) is 0.301. The molecule has 3 rings (SSSR count). The van der Waals surface area contributed by atoms with Crippen molar-refractivity contribution in [1.29, 1.82) is 5.26 Å². The summed E-state index contributed by atoms with van der Waals surface area (Å²) in [5.41, 5.74) is 3.92. The largest absolute Gasteiger partial charge is 0.355 e. The van der Waals surface area contributed by atoms with E-state index in [2.05, 4.69) is 44.5 Å². The molecule has 3 aromatic carbocycles. The van der Waals surface area contributed by atoms with Gasteiger partial charge in [-0.1, -0.05) is 61.9 Å². The zero-order valence-corrected chi connectivity index (χ0v) is 29.9. The van der Waals surface area contributed by atoms with Crippen LogP contribution in [0.4, 0.5) is 0 Å². The smallest absolute Gasteiger partial charge is 0.251 e. The molecule has 0 saturated heterocycles. The molecule has 0 heterocycles. The van der Waals surface area contributed by atoms with Crippen LogP contribution in [0.1, 0.15) is 91.4 Å². The summed E-state index contributed by atoms with van der Waals surface area (Å²) in [5, 5.41) is 24.6. The molecular formula is C40H48N6O4. The highest BCUT2D eigenvalue weighted by atomic mass is 16.2. The summed E-state index contributed by atoms with van der Waals surface area (Å²) < 4.78 is 0. The number of carbonyl (C=O) groups excluding carboxylic acids is 4. The van der Waals surface area contributed by atoms with Gasteiger partial charge in [0.15, 0.2) is 0 Å². The maximum Gasteiger partial charge on any atom is 0.251 e. The highest BCUT2D eigenvalue weighted by molar-refractivity contribution is 6.02. The average Bonchev–Trinajstić information content (AvgIpc) is 3.11. The SMILES string of the molecule is CC#CCC(CN[C@@H](C)C(=O)NC(C(=O)NCC)C(C)C)NC(=O)c1cc(C(=O)N[C@H](C)c2ccccc2)cc(-c2cc(C)ccc2C#N)c1. The Morgan fingerprint density at radius 1 is 0.820 bits per heavy atom. The predicted molar refractivity (Wildman–Crippen MR) is 196 cm³/mol. The lowest BCUT2D eigenvalue weighted by Crippen LogP contribution is -2.55.